The molecular weight excluding hydrogens is 270 g/mol. The lowest BCUT2D eigenvalue weighted by atomic mass is 10.1. The Hall–Kier alpha value is -2.08. The fraction of sp³-hybridized carbons (Fsp3) is 0.467. The highest BCUT2D eigenvalue weighted by molar-refractivity contribution is 5.87. The van der Waals surface area contributed by atoms with E-state index < -0.39 is 0 Å². The van der Waals surface area contributed by atoms with E-state index in [1.54, 1.807) is 6.07 Å². The maximum atomic E-state index is 11.9. The minimum absolute atomic E-state index is 0.184. The van der Waals surface area contributed by atoms with Crippen molar-refractivity contribution >= 4 is 16.5 Å². The third-order valence-corrected chi connectivity index (χ3v) is 3.66. The van der Waals surface area contributed by atoms with E-state index in [4.69, 9.17) is 5.11 Å². The molecule has 114 valence electrons. The predicted molar refractivity (Wildman–Crippen MR) is 84.1 cm³/mol. The van der Waals surface area contributed by atoms with Crippen molar-refractivity contribution in [2.45, 2.75) is 26.7 Å². The van der Waals surface area contributed by atoms with Crippen LogP contribution in [0.3, 0.4) is 0 Å². The summed E-state index contributed by atoms with van der Waals surface area (Å²) in [6.07, 6.45) is 1.64. The van der Waals surface area contributed by atoms with E-state index in [1.807, 2.05) is 19.9 Å². The first-order chi connectivity index (χ1) is 10.1. The number of H-pyrrole nitrogens is 2. The molecule has 1 aromatic carbocycles. The summed E-state index contributed by atoms with van der Waals surface area (Å²) in [5, 5.41) is 14.4. The molecule has 0 radical (unpaired) electrons. The SMILES string of the molecule is CCN(CCCCO)c1cc(C)c2c(=O)[nH][nH]c(=O)c2c1. The van der Waals surface area contributed by atoms with E-state index in [2.05, 4.69) is 15.1 Å². The molecule has 0 atom stereocenters. The van der Waals surface area contributed by atoms with Gasteiger partial charge in [-0.05, 0) is 44.4 Å². The number of aliphatic hydroxyl groups is 1. The number of aliphatic hydroxyl groups excluding tert-OH is 1. The molecule has 0 fully saturated rings. The van der Waals surface area contributed by atoms with Gasteiger partial charge in [-0.25, -0.2) is 0 Å². The second-order valence-electron chi connectivity index (χ2n) is 5.10. The zero-order valence-corrected chi connectivity index (χ0v) is 12.4. The molecule has 1 aromatic heterocycles. The third kappa shape index (κ3) is 3.16. The molecule has 0 saturated heterocycles. The average Bonchev–Trinajstić information content (AvgIpc) is 2.47. The van der Waals surface area contributed by atoms with Gasteiger partial charge < -0.3 is 10.0 Å². The highest BCUT2D eigenvalue weighted by Gasteiger charge is 2.11. The van der Waals surface area contributed by atoms with Crippen molar-refractivity contribution in [3.63, 3.8) is 0 Å². The molecular formula is C15H21N3O3. The van der Waals surface area contributed by atoms with Gasteiger partial charge in [0.25, 0.3) is 11.1 Å². The Morgan fingerprint density at radius 2 is 1.86 bits per heavy atom. The van der Waals surface area contributed by atoms with Gasteiger partial charge in [-0.1, -0.05) is 0 Å². The number of aromatic nitrogens is 2. The minimum atomic E-state index is -0.291. The van der Waals surface area contributed by atoms with Crippen molar-refractivity contribution in [3.05, 3.63) is 38.4 Å². The first-order valence-electron chi connectivity index (χ1n) is 7.19. The monoisotopic (exact) mass is 291 g/mol. The molecule has 2 rings (SSSR count). The second-order valence-corrected chi connectivity index (χ2v) is 5.10. The van der Waals surface area contributed by atoms with Crippen molar-refractivity contribution in [3.8, 4) is 0 Å². The van der Waals surface area contributed by atoms with Crippen LogP contribution in [0, 0.1) is 6.92 Å². The second kappa shape index (κ2) is 6.58. The lowest BCUT2D eigenvalue weighted by molar-refractivity contribution is 0.285. The lowest BCUT2D eigenvalue weighted by Crippen LogP contribution is -2.25. The Labute approximate surface area is 122 Å². The van der Waals surface area contributed by atoms with Crippen LogP contribution in [-0.4, -0.2) is 35.0 Å². The smallest absolute Gasteiger partial charge is 0.270 e. The molecule has 0 spiro atoms. The largest absolute Gasteiger partial charge is 0.396 e. The van der Waals surface area contributed by atoms with Crippen molar-refractivity contribution in [1.82, 2.24) is 10.2 Å². The molecule has 2 aromatic rings. The normalized spacial score (nSPS) is 11.0. The molecule has 0 unspecified atom stereocenters. The Kier molecular flexibility index (Phi) is 4.80. The number of hydrogen-bond acceptors (Lipinski definition) is 4. The van der Waals surface area contributed by atoms with Gasteiger partial charge in [0.2, 0.25) is 0 Å². The molecule has 0 aliphatic rings. The third-order valence-electron chi connectivity index (χ3n) is 3.66. The van der Waals surface area contributed by atoms with Crippen LogP contribution in [0.5, 0.6) is 0 Å². The van der Waals surface area contributed by atoms with E-state index in [1.165, 1.54) is 0 Å². The average molecular weight is 291 g/mol. The van der Waals surface area contributed by atoms with E-state index in [0.29, 0.717) is 10.8 Å². The van der Waals surface area contributed by atoms with Gasteiger partial charge in [-0.15, -0.1) is 0 Å². The van der Waals surface area contributed by atoms with Crippen LogP contribution >= 0.6 is 0 Å². The maximum Gasteiger partial charge on any atom is 0.270 e. The number of fused-ring (bicyclic) bond motifs is 1. The zero-order valence-electron chi connectivity index (χ0n) is 12.4. The summed E-state index contributed by atoms with van der Waals surface area (Å²) in [7, 11) is 0. The number of aryl methyl sites for hydroxylation is 1. The number of rotatable bonds is 6. The van der Waals surface area contributed by atoms with Crippen molar-refractivity contribution in [1.29, 1.82) is 0 Å². The highest BCUT2D eigenvalue weighted by Crippen LogP contribution is 2.22. The van der Waals surface area contributed by atoms with Crippen molar-refractivity contribution < 1.29 is 5.11 Å². The number of nitrogens with one attached hydrogen (secondary N) is 2. The molecule has 3 N–H and O–H groups in total. The van der Waals surface area contributed by atoms with Crippen LogP contribution in [0.1, 0.15) is 25.3 Å². The fourth-order valence-electron chi connectivity index (χ4n) is 2.56. The molecule has 6 heteroatoms. The Morgan fingerprint density at radius 3 is 2.52 bits per heavy atom. The topological polar surface area (TPSA) is 89.2 Å². The summed E-state index contributed by atoms with van der Waals surface area (Å²) in [6, 6.07) is 3.69. The van der Waals surface area contributed by atoms with Crippen LogP contribution in [0.2, 0.25) is 0 Å². The molecule has 0 aliphatic carbocycles. The number of unbranched alkanes of at least 4 members (excludes halogenated alkanes) is 1. The summed E-state index contributed by atoms with van der Waals surface area (Å²) in [6.45, 7) is 5.67. The van der Waals surface area contributed by atoms with Crippen LogP contribution < -0.4 is 16.0 Å². The summed E-state index contributed by atoms with van der Waals surface area (Å²) in [5.74, 6) is 0. The van der Waals surface area contributed by atoms with E-state index >= 15 is 0 Å². The van der Waals surface area contributed by atoms with E-state index in [9.17, 15) is 9.59 Å². The highest BCUT2D eigenvalue weighted by atomic mass is 16.3. The molecule has 0 amide bonds. The van der Waals surface area contributed by atoms with Crippen molar-refractivity contribution in [2.24, 2.45) is 0 Å². The molecule has 6 nitrogen and oxygen atoms in total. The Morgan fingerprint density at radius 1 is 1.14 bits per heavy atom. The molecule has 0 saturated carbocycles. The summed E-state index contributed by atoms with van der Waals surface area (Å²) in [4.78, 5) is 25.9. The Bertz CT molecular complexity index is 733. The van der Waals surface area contributed by atoms with E-state index in [0.717, 1.165) is 37.2 Å². The number of benzene rings is 1. The molecule has 1 heterocycles. The number of aromatic amines is 2. The lowest BCUT2D eigenvalue weighted by Gasteiger charge is -2.24. The standard InChI is InChI=1S/C15H21N3O3/c1-3-18(6-4-5-7-19)11-8-10(2)13-12(9-11)14(20)16-17-15(13)21/h8-9,19H,3-7H2,1-2H3,(H,16,20)(H,17,21). The first kappa shape index (κ1) is 15.3. The number of hydrogen-bond donors (Lipinski definition) is 3. The summed E-state index contributed by atoms with van der Waals surface area (Å²) < 4.78 is 0. The van der Waals surface area contributed by atoms with Crippen LogP contribution in [0.4, 0.5) is 5.69 Å². The molecule has 0 bridgehead atoms. The van der Waals surface area contributed by atoms with Crippen LogP contribution in [-0.2, 0) is 0 Å². The summed E-state index contributed by atoms with van der Waals surface area (Å²) in [5.41, 5.74) is 1.14. The van der Waals surface area contributed by atoms with Gasteiger partial charge in [0.05, 0.1) is 10.8 Å². The van der Waals surface area contributed by atoms with Gasteiger partial charge in [-0.2, -0.15) is 0 Å². The fourth-order valence-corrected chi connectivity index (χ4v) is 2.56. The van der Waals surface area contributed by atoms with Crippen LogP contribution in [0.25, 0.3) is 10.8 Å². The molecule has 21 heavy (non-hydrogen) atoms. The maximum absolute atomic E-state index is 11.9. The van der Waals surface area contributed by atoms with Gasteiger partial charge >= 0.3 is 0 Å². The number of anilines is 1. The van der Waals surface area contributed by atoms with E-state index in [-0.39, 0.29) is 17.7 Å². The summed E-state index contributed by atoms with van der Waals surface area (Å²) >= 11 is 0. The van der Waals surface area contributed by atoms with Gasteiger partial charge in [-0.3, -0.25) is 19.8 Å². The molecule has 0 aliphatic heterocycles. The number of nitrogens with zero attached hydrogens (tertiary/aromatic N) is 1. The Balaban J connectivity index is 2.48. The quantitative estimate of drug-likeness (QED) is 0.696. The minimum Gasteiger partial charge on any atom is -0.396 e. The first-order valence-corrected chi connectivity index (χ1v) is 7.19. The van der Waals surface area contributed by atoms with Gasteiger partial charge in [0, 0.05) is 25.4 Å². The zero-order chi connectivity index (χ0) is 15.4. The van der Waals surface area contributed by atoms with Gasteiger partial charge in [0.1, 0.15) is 0 Å². The van der Waals surface area contributed by atoms with Crippen molar-refractivity contribution in [2.75, 3.05) is 24.6 Å². The predicted octanol–water partition coefficient (Wildman–Crippen LogP) is 1.12. The van der Waals surface area contributed by atoms with Crippen LogP contribution in [0.15, 0.2) is 21.7 Å². The van der Waals surface area contributed by atoms with Gasteiger partial charge in [0.15, 0.2) is 0 Å².